The number of amides is 2. The number of ether oxygens (including phenoxy) is 2. The van der Waals surface area contributed by atoms with E-state index in [1.54, 1.807) is 37.8 Å². The van der Waals surface area contributed by atoms with E-state index in [4.69, 9.17) is 9.47 Å². The molecule has 43 heavy (non-hydrogen) atoms. The van der Waals surface area contributed by atoms with Crippen LogP contribution in [0.3, 0.4) is 0 Å². The van der Waals surface area contributed by atoms with Crippen molar-refractivity contribution >= 4 is 34.6 Å². The predicted octanol–water partition coefficient (Wildman–Crippen LogP) is 4.58. The van der Waals surface area contributed by atoms with Crippen molar-refractivity contribution in [2.24, 2.45) is 0 Å². The number of hydrogen-bond donors (Lipinski definition) is 0. The number of likely N-dealkylation sites (N-methyl/N-ethyl adjacent to an activating group) is 1. The van der Waals surface area contributed by atoms with Crippen LogP contribution in [0.15, 0.2) is 42.6 Å². The highest BCUT2D eigenvalue weighted by atomic mass is 19.1. The zero-order valence-electron chi connectivity index (χ0n) is 25.9. The monoisotopic (exact) mass is 594 g/mol. The van der Waals surface area contributed by atoms with Crippen molar-refractivity contribution < 1.29 is 33.0 Å². The van der Waals surface area contributed by atoms with Crippen molar-refractivity contribution in [3.8, 4) is 5.75 Å². The van der Waals surface area contributed by atoms with Crippen molar-refractivity contribution in [1.29, 1.82) is 0 Å². The summed E-state index contributed by atoms with van der Waals surface area (Å²) in [6.45, 7) is 10.8. The predicted molar refractivity (Wildman–Crippen MR) is 160 cm³/mol. The number of carbonyl (C=O) groups is 4. The smallest absolute Gasteiger partial charge is 0.419 e. The largest absolute Gasteiger partial charge is 0.496 e. The maximum Gasteiger partial charge on any atom is 0.419 e. The van der Waals surface area contributed by atoms with Crippen LogP contribution >= 0.6 is 0 Å². The minimum Gasteiger partial charge on any atom is -0.496 e. The molecular weight excluding hydrogens is 555 g/mol. The van der Waals surface area contributed by atoms with Crippen molar-refractivity contribution in [3.63, 3.8) is 0 Å². The number of Topliss-reactive ketones (excluding diaryl/α,β-unsaturated/α-hetero) is 1. The number of ketones is 1. The summed E-state index contributed by atoms with van der Waals surface area (Å²) in [6, 6.07) is 9.24. The van der Waals surface area contributed by atoms with E-state index >= 15 is 0 Å². The Hall–Kier alpha value is -4.25. The van der Waals surface area contributed by atoms with Crippen LogP contribution < -0.4 is 4.74 Å². The summed E-state index contributed by atoms with van der Waals surface area (Å²) in [5.74, 6) is -1.97. The molecule has 11 heteroatoms. The summed E-state index contributed by atoms with van der Waals surface area (Å²) in [5.41, 5.74) is 0.605. The molecule has 0 aliphatic carbocycles. The third-order valence-electron chi connectivity index (χ3n) is 7.47. The van der Waals surface area contributed by atoms with Crippen molar-refractivity contribution in [2.45, 2.75) is 58.8 Å². The first-order valence-corrected chi connectivity index (χ1v) is 14.1. The van der Waals surface area contributed by atoms with Gasteiger partial charge < -0.3 is 19.3 Å². The molecule has 2 heterocycles. The van der Waals surface area contributed by atoms with Gasteiger partial charge in [0.2, 0.25) is 0 Å². The van der Waals surface area contributed by atoms with Gasteiger partial charge in [0.05, 0.1) is 23.8 Å². The lowest BCUT2D eigenvalue weighted by molar-refractivity contribution is -0.124. The molecule has 4 rings (SSSR count). The lowest BCUT2D eigenvalue weighted by atomic mass is 10.0. The molecule has 0 unspecified atom stereocenters. The van der Waals surface area contributed by atoms with E-state index in [1.807, 2.05) is 13.8 Å². The highest BCUT2D eigenvalue weighted by Gasteiger charge is 2.35. The van der Waals surface area contributed by atoms with E-state index in [2.05, 4.69) is 4.90 Å². The molecule has 0 bridgehead atoms. The molecule has 1 aliphatic rings. The van der Waals surface area contributed by atoms with Gasteiger partial charge in [0.1, 0.15) is 17.2 Å². The molecule has 2 atom stereocenters. The molecule has 1 aliphatic heterocycles. The quantitative estimate of drug-likeness (QED) is 0.304. The van der Waals surface area contributed by atoms with E-state index in [1.165, 1.54) is 51.7 Å². The first kappa shape index (κ1) is 31.7. The zero-order valence-corrected chi connectivity index (χ0v) is 25.9. The normalized spacial score (nSPS) is 17.6. The van der Waals surface area contributed by atoms with Gasteiger partial charge in [-0.25, -0.2) is 9.18 Å². The summed E-state index contributed by atoms with van der Waals surface area (Å²) in [6.07, 6.45) is 0.532. The van der Waals surface area contributed by atoms with Crippen LogP contribution in [0.25, 0.3) is 10.9 Å². The Labute approximate surface area is 250 Å². The molecule has 0 saturated carbocycles. The van der Waals surface area contributed by atoms with Crippen LogP contribution in [0, 0.1) is 5.82 Å². The zero-order chi connectivity index (χ0) is 31.8. The second-order valence-electron chi connectivity index (χ2n) is 12.2. The lowest BCUT2D eigenvalue weighted by Crippen LogP contribution is -2.57. The molecule has 230 valence electrons. The second kappa shape index (κ2) is 12.2. The maximum absolute atomic E-state index is 14.1. The number of aromatic nitrogens is 1. The Morgan fingerprint density at radius 2 is 1.63 bits per heavy atom. The van der Waals surface area contributed by atoms with Crippen LogP contribution in [-0.4, -0.2) is 94.9 Å². The summed E-state index contributed by atoms with van der Waals surface area (Å²) < 4.78 is 25.7. The number of hydrogen-bond acceptors (Lipinski definition) is 7. The number of carbonyl (C=O) groups excluding carboxylic acids is 4. The molecule has 1 fully saturated rings. The van der Waals surface area contributed by atoms with Crippen LogP contribution in [0.5, 0.6) is 5.75 Å². The van der Waals surface area contributed by atoms with Gasteiger partial charge in [-0.05, 0) is 58.4 Å². The molecule has 1 saturated heterocycles. The van der Waals surface area contributed by atoms with Gasteiger partial charge in [-0.1, -0.05) is 12.1 Å². The Balaban J connectivity index is 1.72. The van der Waals surface area contributed by atoms with Gasteiger partial charge in [-0.2, -0.15) is 0 Å². The number of piperazine rings is 1. The van der Waals surface area contributed by atoms with E-state index in [-0.39, 0.29) is 51.6 Å². The van der Waals surface area contributed by atoms with Crippen molar-refractivity contribution in [3.05, 3.63) is 65.1 Å². The van der Waals surface area contributed by atoms with Gasteiger partial charge in [0.15, 0.2) is 0 Å². The third kappa shape index (κ3) is 6.72. The topological polar surface area (TPSA) is 101 Å². The number of halogens is 1. The number of methoxy groups -OCH3 is 1. The summed E-state index contributed by atoms with van der Waals surface area (Å²) >= 11 is 0. The van der Waals surface area contributed by atoms with Gasteiger partial charge in [0, 0.05) is 63.5 Å². The minimum absolute atomic E-state index is 0.00281. The minimum atomic E-state index is -0.822. The number of fused-ring (bicyclic) bond motifs is 1. The average molecular weight is 595 g/mol. The van der Waals surface area contributed by atoms with Crippen molar-refractivity contribution in [2.75, 3.05) is 34.3 Å². The van der Waals surface area contributed by atoms with E-state index < -0.39 is 23.4 Å². The highest BCUT2D eigenvalue weighted by molar-refractivity contribution is 6.45. The van der Waals surface area contributed by atoms with Gasteiger partial charge in [-0.3, -0.25) is 23.9 Å². The van der Waals surface area contributed by atoms with Gasteiger partial charge >= 0.3 is 6.09 Å². The molecule has 0 radical (unpaired) electrons. The molecule has 2 amide bonds. The first-order chi connectivity index (χ1) is 20.1. The van der Waals surface area contributed by atoms with Crippen LogP contribution in [-0.2, 0) is 16.1 Å². The van der Waals surface area contributed by atoms with Crippen LogP contribution in [0.1, 0.15) is 60.9 Å². The Morgan fingerprint density at radius 3 is 2.21 bits per heavy atom. The molecule has 0 N–H and O–H groups in total. The number of benzene rings is 2. The van der Waals surface area contributed by atoms with Gasteiger partial charge in [0.25, 0.3) is 17.6 Å². The standard InChI is InChI=1S/C32H39FN4O6/c1-19-16-36(20(2)15-35(19)17-21-9-11-22(33)12-10-21)29(39)24-13-23-25(28(38)30(40)34(6)7)18-37(26(23)14-27(24)42-8)31(41)43-32(3,4)5/h9-14,18-20H,15-17H2,1-8H3/t19-,20-/m0/s1. The fraction of sp³-hybridized carbons (Fsp3) is 0.438. The number of rotatable bonds is 6. The maximum atomic E-state index is 14.1. The SMILES string of the molecule is COc1cc2c(cc1C(=O)N1C[C@H](C)N(Cc3ccc(F)cc3)C[C@@H]1C)c(C(=O)C(=O)N(C)C)cn2C(=O)OC(C)(C)C. The summed E-state index contributed by atoms with van der Waals surface area (Å²) in [5, 5.41) is 0.255. The van der Waals surface area contributed by atoms with Crippen molar-refractivity contribution in [1.82, 2.24) is 19.3 Å². The molecular formula is C32H39FN4O6. The Morgan fingerprint density at radius 1 is 0.977 bits per heavy atom. The summed E-state index contributed by atoms with van der Waals surface area (Å²) in [7, 11) is 4.35. The average Bonchev–Trinajstić information content (AvgIpc) is 3.31. The van der Waals surface area contributed by atoms with E-state index in [0.29, 0.717) is 19.6 Å². The summed E-state index contributed by atoms with van der Waals surface area (Å²) in [4.78, 5) is 58.3. The van der Waals surface area contributed by atoms with E-state index in [0.717, 1.165) is 15.0 Å². The molecule has 10 nitrogen and oxygen atoms in total. The van der Waals surface area contributed by atoms with E-state index in [9.17, 15) is 23.6 Å². The van der Waals surface area contributed by atoms with Crippen LogP contribution in [0.4, 0.5) is 9.18 Å². The molecule has 2 aromatic carbocycles. The Bertz CT molecular complexity index is 1560. The third-order valence-corrected chi connectivity index (χ3v) is 7.47. The second-order valence-corrected chi connectivity index (χ2v) is 12.2. The fourth-order valence-electron chi connectivity index (χ4n) is 5.23. The fourth-order valence-corrected chi connectivity index (χ4v) is 5.23. The lowest BCUT2D eigenvalue weighted by Gasteiger charge is -2.44. The molecule has 0 spiro atoms. The first-order valence-electron chi connectivity index (χ1n) is 14.1. The van der Waals surface area contributed by atoms with Crippen LogP contribution in [0.2, 0.25) is 0 Å². The van der Waals surface area contributed by atoms with Gasteiger partial charge in [-0.15, -0.1) is 0 Å². The molecule has 3 aromatic rings. The number of nitrogens with zero attached hydrogens (tertiary/aromatic N) is 4. The Kier molecular flexibility index (Phi) is 8.96. The highest BCUT2D eigenvalue weighted by Crippen LogP contribution is 2.33. The molecule has 1 aromatic heterocycles.